The van der Waals surface area contributed by atoms with Gasteiger partial charge in [0.2, 0.25) is 0 Å². The molecular weight excluding hydrogens is 238 g/mol. The minimum absolute atomic E-state index is 0.178. The summed E-state index contributed by atoms with van der Waals surface area (Å²) < 4.78 is 4.74. The summed E-state index contributed by atoms with van der Waals surface area (Å²) >= 11 is 0. The molecule has 1 saturated carbocycles. The number of hydrogen-bond donors (Lipinski definition) is 1. The molecule has 3 heteroatoms. The second-order valence-electron chi connectivity index (χ2n) is 5.29. The van der Waals surface area contributed by atoms with Crippen molar-refractivity contribution >= 4 is 5.97 Å². The molecule has 0 spiro atoms. The van der Waals surface area contributed by atoms with Gasteiger partial charge in [-0.1, -0.05) is 37.6 Å². The molecule has 0 amide bonds. The third-order valence-electron chi connectivity index (χ3n) is 3.82. The molecule has 0 bridgehead atoms. The van der Waals surface area contributed by atoms with Crippen LogP contribution in [0.15, 0.2) is 24.3 Å². The summed E-state index contributed by atoms with van der Waals surface area (Å²) in [6, 6.07) is 8.76. The lowest BCUT2D eigenvalue weighted by atomic mass is 10.0. The maximum absolute atomic E-state index is 11.4. The number of methoxy groups -OCH3 is 1. The van der Waals surface area contributed by atoms with E-state index in [2.05, 4.69) is 18.3 Å². The highest BCUT2D eigenvalue weighted by Crippen LogP contribution is 2.34. The number of esters is 1. The number of rotatable bonds is 7. The van der Waals surface area contributed by atoms with Gasteiger partial charge in [0, 0.05) is 12.6 Å². The van der Waals surface area contributed by atoms with Gasteiger partial charge in [-0.3, -0.25) is 4.79 Å². The third-order valence-corrected chi connectivity index (χ3v) is 3.82. The molecule has 19 heavy (non-hydrogen) atoms. The average molecular weight is 261 g/mol. The summed E-state index contributed by atoms with van der Waals surface area (Å²) in [4.78, 5) is 11.4. The topological polar surface area (TPSA) is 38.3 Å². The first kappa shape index (κ1) is 14.1. The number of carbonyl (C=O) groups excluding carboxylic acids is 1. The molecule has 0 saturated heterocycles. The fraction of sp³-hybridized carbons (Fsp3) is 0.562. The smallest absolute Gasteiger partial charge is 0.309 e. The van der Waals surface area contributed by atoms with Gasteiger partial charge >= 0.3 is 5.97 Å². The molecule has 1 N–H and O–H groups in total. The van der Waals surface area contributed by atoms with Gasteiger partial charge in [-0.2, -0.15) is 0 Å². The molecule has 1 aromatic carbocycles. The zero-order valence-electron chi connectivity index (χ0n) is 11.8. The quantitative estimate of drug-likeness (QED) is 0.767. The SMILES string of the molecule is CCCC1CC1NCc1ccccc1CC(=O)OC. The summed E-state index contributed by atoms with van der Waals surface area (Å²) in [5.41, 5.74) is 2.27. The summed E-state index contributed by atoms with van der Waals surface area (Å²) in [5, 5.41) is 3.59. The standard InChI is InChI=1S/C16H23NO2/c1-3-6-13-9-15(13)17-11-14-8-5-4-7-12(14)10-16(18)19-2/h4-5,7-8,13,15,17H,3,6,9-11H2,1-2H3. The molecule has 2 unspecified atom stereocenters. The Balaban J connectivity index is 1.88. The summed E-state index contributed by atoms with van der Waals surface area (Å²) in [5.74, 6) is 0.681. The summed E-state index contributed by atoms with van der Waals surface area (Å²) in [6.45, 7) is 3.08. The Kier molecular flexibility index (Phi) is 4.97. The van der Waals surface area contributed by atoms with Crippen molar-refractivity contribution in [1.82, 2.24) is 5.32 Å². The average Bonchev–Trinajstić information content (AvgIpc) is 3.16. The molecule has 2 atom stereocenters. The van der Waals surface area contributed by atoms with E-state index in [1.54, 1.807) is 0 Å². The number of carbonyl (C=O) groups is 1. The zero-order chi connectivity index (χ0) is 13.7. The first-order valence-corrected chi connectivity index (χ1v) is 7.11. The zero-order valence-corrected chi connectivity index (χ0v) is 11.8. The predicted molar refractivity (Wildman–Crippen MR) is 75.8 cm³/mol. The van der Waals surface area contributed by atoms with Crippen molar-refractivity contribution < 1.29 is 9.53 Å². The molecule has 3 nitrogen and oxygen atoms in total. The molecule has 0 aromatic heterocycles. The van der Waals surface area contributed by atoms with Crippen LogP contribution in [0.3, 0.4) is 0 Å². The van der Waals surface area contributed by atoms with E-state index in [1.165, 1.54) is 31.9 Å². The van der Waals surface area contributed by atoms with Crippen molar-refractivity contribution in [2.24, 2.45) is 5.92 Å². The summed E-state index contributed by atoms with van der Waals surface area (Å²) in [7, 11) is 1.43. The number of benzene rings is 1. The molecule has 1 aliphatic carbocycles. The highest BCUT2D eigenvalue weighted by molar-refractivity contribution is 5.72. The van der Waals surface area contributed by atoms with E-state index < -0.39 is 0 Å². The Hall–Kier alpha value is -1.35. The molecule has 0 heterocycles. The van der Waals surface area contributed by atoms with Gasteiger partial charge in [0.25, 0.3) is 0 Å². The normalized spacial score (nSPS) is 21.2. The van der Waals surface area contributed by atoms with Crippen LogP contribution >= 0.6 is 0 Å². The van der Waals surface area contributed by atoms with E-state index in [-0.39, 0.29) is 5.97 Å². The van der Waals surface area contributed by atoms with E-state index in [4.69, 9.17) is 4.74 Å². The van der Waals surface area contributed by atoms with Gasteiger partial charge in [-0.15, -0.1) is 0 Å². The van der Waals surface area contributed by atoms with Crippen molar-refractivity contribution in [2.75, 3.05) is 7.11 Å². The second kappa shape index (κ2) is 6.71. The van der Waals surface area contributed by atoms with Crippen LogP contribution in [0.5, 0.6) is 0 Å². The Morgan fingerprint density at radius 1 is 1.37 bits per heavy atom. The predicted octanol–water partition coefficient (Wildman–Crippen LogP) is 2.68. The van der Waals surface area contributed by atoms with Crippen LogP contribution in [0.1, 0.15) is 37.3 Å². The minimum Gasteiger partial charge on any atom is -0.469 e. The first-order valence-electron chi connectivity index (χ1n) is 7.11. The minimum atomic E-state index is -0.178. The van der Waals surface area contributed by atoms with E-state index in [1.807, 2.05) is 18.2 Å². The Morgan fingerprint density at radius 3 is 2.79 bits per heavy atom. The van der Waals surface area contributed by atoms with Crippen LogP contribution in [0, 0.1) is 5.92 Å². The van der Waals surface area contributed by atoms with Crippen LogP contribution in [0.4, 0.5) is 0 Å². The molecule has 2 rings (SSSR count). The molecule has 0 radical (unpaired) electrons. The molecule has 1 fully saturated rings. The van der Waals surface area contributed by atoms with E-state index in [0.717, 1.165) is 18.0 Å². The lowest BCUT2D eigenvalue weighted by Gasteiger charge is -2.10. The van der Waals surface area contributed by atoms with Crippen LogP contribution < -0.4 is 5.32 Å². The summed E-state index contributed by atoms with van der Waals surface area (Å²) in [6.07, 6.45) is 4.24. The Morgan fingerprint density at radius 2 is 2.11 bits per heavy atom. The molecule has 1 aliphatic rings. The van der Waals surface area contributed by atoms with Gasteiger partial charge in [-0.05, 0) is 29.9 Å². The Labute approximate surface area is 115 Å². The second-order valence-corrected chi connectivity index (χ2v) is 5.29. The fourth-order valence-corrected chi connectivity index (χ4v) is 2.56. The maximum Gasteiger partial charge on any atom is 0.309 e. The van der Waals surface area contributed by atoms with Crippen molar-refractivity contribution in [3.63, 3.8) is 0 Å². The van der Waals surface area contributed by atoms with Crippen molar-refractivity contribution in [3.05, 3.63) is 35.4 Å². The van der Waals surface area contributed by atoms with Gasteiger partial charge in [0.1, 0.15) is 0 Å². The van der Waals surface area contributed by atoms with Gasteiger partial charge in [0.05, 0.1) is 13.5 Å². The number of nitrogens with one attached hydrogen (secondary N) is 1. The Bertz CT molecular complexity index is 431. The molecule has 0 aliphatic heterocycles. The van der Waals surface area contributed by atoms with Crippen molar-refractivity contribution in [2.45, 2.75) is 45.2 Å². The molecule has 104 valence electrons. The number of hydrogen-bond acceptors (Lipinski definition) is 3. The van der Waals surface area contributed by atoms with Crippen molar-refractivity contribution in [1.29, 1.82) is 0 Å². The van der Waals surface area contributed by atoms with E-state index in [9.17, 15) is 4.79 Å². The van der Waals surface area contributed by atoms with Crippen LogP contribution in [0.25, 0.3) is 0 Å². The lowest BCUT2D eigenvalue weighted by Crippen LogP contribution is -2.19. The molecule has 1 aromatic rings. The van der Waals surface area contributed by atoms with Crippen LogP contribution in [-0.4, -0.2) is 19.1 Å². The van der Waals surface area contributed by atoms with Crippen molar-refractivity contribution in [3.8, 4) is 0 Å². The lowest BCUT2D eigenvalue weighted by molar-refractivity contribution is -0.139. The third kappa shape index (κ3) is 4.06. The molecular formula is C16H23NO2. The van der Waals surface area contributed by atoms with Gasteiger partial charge < -0.3 is 10.1 Å². The monoisotopic (exact) mass is 261 g/mol. The van der Waals surface area contributed by atoms with E-state index in [0.29, 0.717) is 12.5 Å². The largest absolute Gasteiger partial charge is 0.469 e. The van der Waals surface area contributed by atoms with Gasteiger partial charge in [0.15, 0.2) is 0 Å². The van der Waals surface area contributed by atoms with Crippen LogP contribution in [0.2, 0.25) is 0 Å². The van der Waals surface area contributed by atoms with Crippen LogP contribution in [-0.2, 0) is 22.5 Å². The highest BCUT2D eigenvalue weighted by atomic mass is 16.5. The first-order chi connectivity index (χ1) is 9.24. The fourth-order valence-electron chi connectivity index (χ4n) is 2.56. The van der Waals surface area contributed by atoms with Gasteiger partial charge in [-0.25, -0.2) is 0 Å². The maximum atomic E-state index is 11.4. The number of ether oxygens (including phenoxy) is 1. The highest BCUT2D eigenvalue weighted by Gasteiger charge is 2.35. The van der Waals surface area contributed by atoms with E-state index >= 15 is 0 Å².